The molecule has 2 heterocycles. The molecule has 4 heteroatoms. The molecule has 0 saturated carbocycles. The van der Waals surface area contributed by atoms with E-state index in [1.54, 1.807) is 36.0 Å². The van der Waals surface area contributed by atoms with Crippen LogP contribution < -0.4 is 5.32 Å². The topological polar surface area (TPSA) is 42.2 Å². The monoisotopic (exact) mass is 247 g/mol. The maximum atomic E-state index is 11.4. The molecule has 0 aliphatic rings. The van der Waals surface area contributed by atoms with E-state index in [1.807, 2.05) is 5.38 Å². The molecule has 0 aliphatic heterocycles. The second-order valence-electron chi connectivity index (χ2n) is 3.56. The Morgan fingerprint density at radius 2 is 2.41 bits per heavy atom. The van der Waals surface area contributed by atoms with Crippen LogP contribution in [0.2, 0.25) is 0 Å². The van der Waals surface area contributed by atoms with Gasteiger partial charge in [-0.2, -0.15) is 11.3 Å². The van der Waals surface area contributed by atoms with E-state index in [1.165, 1.54) is 11.6 Å². The van der Waals surface area contributed by atoms with Crippen LogP contribution in [0, 0.1) is 0 Å². The smallest absolute Gasteiger partial charge is 0.244 e. The number of carbonyl (C=O) groups excluding carboxylic acids is 1. The van der Waals surface area contributed by atoms with Crippen molar-refractivity contribution in [1.29, 1.82) is 0 Å². The lowest BCUT2D eigenvalue weighted by molar-refractivity contribution is -0.116. The van der Waals surface area contributed by atoms with Gasteiger partial charge in [0.15, 0.2) is 0 Å². The van der Waals surface area contributed by atoms with Gasteiger partial charge in [-0.1, -0.05) is 0 Å². The summed E-state index contributed by atoms with van der Waals surface area (Å²) < 4.78 is 4.90. The van der Waals surface area contributed by atoms with Gasteiger partial charge in [0.2, 0.25) is 5.91 Å². The van der Waals surface area contributed by atoms with Gasteiger partial charge in [-0.25, -0.2) is 0 Å². The number of nitrogens with one attached hydrogen (secondary N) is 1. The van der Waals surface area contributed by atoms with Gasteiger partial charge in [0, 0.05) is 18.2 Å². The van der Waals surface area contributed by atoms with Crippen LogP contribution in [0.15, 0.2) is 45.9 Å². The van der Waals surface area contributed by atoms with E-state index in [2.05, 4.69) is 16.8 Å². The lowest BCUT2D eigenvalue weighted by Crippen LogP contribution is -2.23. The quantitative estimate of drug-likeness (QED) is 0.825. The zero-order valence-corrected chi connectivity index (χ0v) is 10.1. The number of amides is 1. The predicted octanol–water partition coefficient (Wildman–Crippen LogP) is 2.71. The Labute approximate surface area is 104 Å². The van der Waals surface area contributed by atoms with E-state index in [-0.39, 0.29) is 5.91 Å². The van der Waals surface area contributed by atoms with Crippen molar-refractivity contribution in [3.63, 3.8) is 0 Å². The molecule has 2 aromatic rings. The average molecular weight is 247 g/mol. The molecule has 88 valence electrons. The number of rotatable bonds is 5. The van der Waals surface area contributed by atoms with Crippen LogP contribution in [0.25, 0.3) is 6.08 Å². The van der Waals surface area contributed by atoms with Crippen molar-refractivity contribution in [2.75, 3.05) is 6.54 Å². The van der Waals surface area contributed by atoms with Gasteiger partial charge in [0.05, 0.1) is 12.5 Å². The minimum Gasteiger partial charge on any atom is -0.472 e. The van der Waals surface area contributed by atoms with Crippen LogP contribution in [-0.4, -0.2) is 12.5 Å². The van der Waals surface area contributed by atoms with Crippen molar-refractivity contribution in [1.82, 2.24) is 5.32 Å². The normalized spacial score (nSPS) is 10.8. The molecule has 0 bridgehead atoms. The van der Waals surface area contributed by atoms with Crippen molar-refractivity contribution in [2.45, 2.75) is 6.42 Å². The number of furan rings is 1. The van der Waals surface area contributed by atoms with E-state index in [0.717, 1.165) is 12.0 Å². The number of hydrogen-bond acceptors (Lipinski definition) is 3. The Kier molecular flexibility index (Phi) is 4.16. The first kappa shape index (κ1) is 11.7. The molecule has 3 nitrogen and oxygen atoms in total. The van der Waals surface area contributed by atoms with Crippen molar-refractivity contribution in [3.05, 3.63) is 52.6 Å². The number of hydrogen-bond donors (Lipinski definition) is 1. The molecule has 0 saturated heterocycles. The fraction of sp³-hybridized carbons (Fsp3) is 0.154. The highest BCUT2D eigenvalue weighted by Crippen LogP contribution is 2.05. The second kappa shape index (κ2) is 6.06. The first-order valence-corrected chi connectivity index (χ1v) is 6.28. The third-order valence-corrected chi connectivity index (χ3v) is 3.00. The second-order valence-corrected chi connectivity index (χ2v) is 4.34. The highest BCUT2D eigenvalue weighted by Gasteiger charge is 1.97. The summed E-state index contributed by atoms with van der Waals surface area (Å²) in [5.41, 5.74) is 2.15. The van der Waals surface area contributed by atoms with Crippen LogP contribution in [0.1, 0.15) is 11.1 Å². The van der Waals surface area contributed by atoms with Crippen LogP contribution in [0.3, 0.4) is 0 Å². The summed E-state index contributed by atoms with van der Waals surface area (Å²) in [6.07, 6.45) is 7.28. The molecule has 1 amide bonds. The molecule has 17 heavy (non-hydrogen) atoms. The van der Waals surface area contributed by atoms with Crippen molar-refractivity contribution < 1.29 is 9.21 Å². The number of thiophene rings is 1. The molecule has 1 N–H and O–H groups in total. The predicted molar refractivity (Wildman–Crippen MR) is 68.8 cm³/mol. The lowest BCUT2D eigenvalue weighted by atomic mass is 10.2. The van der Waals surface area contributed by atoms with Crippen LogP contribution in [-0.2, 0) is 11.2 Å². The minimum atomic E-state index is -0.0820. The molecule has 2 aromatic heterocycles. The Balaban J connectivity index is 1.71. The van der Waals surface area contributed by atoms with Gasteiger partial charge in [-0.3, -0.25) is 4.79 Å². The maximum Gasteiger partial charge on any atom is 0.244 e. The summed E-state index contributed by atoms with van der Waals surface area (Å²) in [6, 6.07) is 3.87. The Hall–Kier alpha value is -1.81. The van der Waals surface area contributed by atoms with E-state index in [4.69, 9.17) is 4.42 Å². The first-order valence-electron chi connectivity index (χ1n) is 5.34. The summed E-state index contributed by atoms with van der Waals surface area (Å²) >= 11 is 1.67. The highest BCUT2D eigenvalue weighted by atomic mass is 32.1. The molecular weight excluding hydrogens is 234 g/mol. The Morgan fingerprint density at radius 3 is 3.12 bits per heavy atom. The lowest BCUT2D eigenvalue weighted by Gasteiger charge is -1.99. The summed E-state index contributed by atoms with van der Waals surface area (Å²) in [4.78, 5) is 11.4. The molecule has 0 aliphatic carbocycles. The van der Waals surface area contributed by atoms with E-state index < -0.39 is 0 Å². The molecule has 0 spiro atoms. The third kappa shape index (κ3) is 3.92. The van der Waals surface area contributed by atoms with Crippen LogP contribution in [0.5, 0.6) is 0 Å². The summed E-state index contributed by atoms with van der Waals surface area (Å²) in [7, 11) is 0. The average Bonchev–Trinajstić information content (AvgIpc) is 2.99. The summed E-state index contributed by atoms with van der Waals surface area (Å²) in [5, 5.41) is 6.96. The van der Waals surface area contributed by atoms with Crippen LogP contribution in [0.4, 0.5) is 0 Å². The highest BCUT2D eigenvalue weighted by molar-refractivity contribution is 7.07. The van der Waals surface area contributed by atoms with Crippen molar-refractivity contribution >= 4 is 23.3 Å². The van der Waals surface area contributed by atoms with Crippen molar-refractivity contribution in [2.24, 2.45) is 0 Å². The molecular formula is C13H13NO2S. The maximum absolute atomic E-state index is 11.4. The SMILES string of the molecule is O=C(/C=C/c1ccoc1)NCCc1ccsc1. The zero-order valence-electron chi connectivity index (χ0n) is 9.26. The molecule has 0 atom stereocenters. The Morgan fingerprint density at radius 1 is 1.47 bits per heavy atom. The molecule has 0 unspecified atom stereocenters. The van der Waals surface area contributed by atoms with Gasteiger partial charge in [0.25, 0.3) is 0 Å². The van der Waals surface area contributed by atoms with Gasteiger partial charge in [-0.15, -0.1) is 0 Å². The zero-order chi connectivity index (χ0) is 11.9. The fourth-order valence-electron chi connectivity index (χ4n) is 1.37. The van der Waals surface area contributed by atoms with Gasteiger partial charge in [0.1, 0.15) is 0 Å². The van der Waals surface area contributed by atoms with Crippen LogP contribution >= 0.6 is 11.3 Å². The molecule has 0 aromatic carbocycles. The van der Waals surface area contributed by atoms with E-state index in [0.29, 0.717) is 6.54 Å². The molecule has 0 fully saturated rings. The van der Waals surface area contributed by atoms with E-state index >= 15 is 0 Å². The fourth-order valence-corrected chi connectivity index (χ4v) is 2.07. The molecule has 2 rings (SSSR count). The minimum absolute atomic E-state index is 0.0820. The summed E-state index contributed by atoms with van der Waals surface area (Å²) in [5.74, 6) is -0.0820. The molecule has 0 radical (unpaired) electrons. The first-order chi connectivity index (χ1) is 8.34. The van der Waals surface area contributed by atoms with Gasteiger partial charge in [-0.05, 0) is 41.0 Å². The van der Waals surface area contributed by atoms with E-state index in [9.17, 15) is 4.79 Å². The van der Waals surface area contributed by atoms with Crippen molar-refractivity contribution in [3.8, 4) is 0 Å². The summed E-state index contributed by atoms with van der Waals surface area (Å²) in [6.45, 7) is 0.658. The standard InChI is InChI=1S/C13H13NO2S/c15-13(2-1-11-4-7-16-9-11)14-6-3-12-5-8-17-10-12/h1-2,4-5,7-10H,3,6H2,(H,14,15)/b2-1+. The third-order valence-electron chi connectivity index (χ3n) is 2.26. The van der Waals surface area contributed by atoms with Gasteiger partial charge >= 0.3 is 0 Å². The number of carbonyl (C=O) groups is 1. The van der Waals surface area contributed by atoms with Gasteiger partial charge < -0.3 is 9.73 Å². The largest absolute Gasteiger partial charge is 0.472 e. The Bertz CT molecular complexity index is 472.